The topological polar surface area (TPSA) is 45.2 Å². The number of hydrogen-bond acceptors (Lipinski definition) is 3. The first-order chi connectivity index (χ1) is 9.09. The summed E-state index contributed by atoms with van der Waals surface area (Å²) in [7, 11) is 0. The van der Waals surface area contributed by atoms with Crippen LogP contribution in [0.1, 0.15) is 32.9 Å². The molecule has 4 nitrogen and oxygen atoms in total. The van der Waals surface area contributed by atoms with Gasteiger partial charge in [-0.25, -0.2) is 0 Å². The van der Waals surface area contributed by atoms with Crippen LogP contribution in [0.2, 0.25) is 0 Å². The van der Waals surface area contributed by atoms with Crippen molar-refractivity contribution in [1.29, 1.82) is 0 Å². The molecular weight excluding hydrogens is 238 g/mol. The number of nitrogens with one attached hydrogen (secondary N) is 1. The highest BCUT2D eigenvalue weighted by Crippen LogP contribution is 2.19. The van der Waals surface area contributed by atoms with Gasteiger partial charge in [-0.1, -0.05) is 13.0 Å². The molecule has 1 aromatic rings. The zero-order valence-electron chi connectivity index (χ0n) is 12.0. The molecular formula is C15H23N3O. The molecule has 0 radical (unpaired) electrons. The number of pyridine rings is 1. The monoisotopic (exact) mass is 261 g/mol. The quantitative estimate of drug-likeness (QED) is 0.899. The largest absolute Gasteiger partial charge is 0.333 e. The van der Waals surface area contributed by atoms with Gasteiger partial charge in [0.1, 0.15) is 0 Å². The maximum atomic E-state index is 12.6. The summed E-state index contributed by atoms with van der Waals surface area (Å²) in [6.45, 7) is 7.78. The molecule has 4 heteroatoms. The minimum absolute atomic E-state index is 0.0360. The lowest BCUT2D eigenvalue weighted by molar-refractivity contribution is -0.136. The maximum absolute atomic E-state index is 12.6. The van der Waals surface area contributed by atoms with Crippen molar-refractivity contribution < 1.29 is 4.79 Å². The molecule has 1 aliphatic heterocycles. The second-order valence-corrected chi connectivity index (χ2v) is 5.58. The second kappa shape index (κ2) is 6.15. The van der Waals surface area contributed by atoms with Crippen LogP contribution >= 0.6 is 0 Å². The molecule has 0 spiro atoms. The molecule has 1 N–H and O–H groups in total. The van der Waals surface area contributed by atoms with Crippen LogP contribution in [0.3, 0.4) is 0 Å². The van der Waals surface area contributed by atoms with Gasteiger partial charge in [-0.15, -0.1) is 0 Å². The van der Waals surface area contributed by atoms with Gasteiger partial charge in [0.05, 0.1) is 18.3 Å². The summed E-state index contributed by atoms with van der Waals surface area (Å²) in [5.41, 5.74) is 0.940. The summed E-state index contributed by atoms with van der Waals surface area (Å²) >= 11 is 0. The van der Waals surface area contributed by atoms with Gasteiger partial charge in [0.25, 0.3) is 0 Å². The minimum Gasteiger partial charge on any atom is -0.333 e. The van der Waals surface area contributed by atoms with Crippen LogP contribution < -0.4 is 5.32 Å². The van der Waals surface area contributed by atoms with Gasteiger partial charge in [0.15, 0.2) is 0 Å². The Labute approximate surface area is 115 Å². The maximum Gasteiger partial charge on any atom is 0.240 e. The van der Waals surface area contributed by atoms with E-state index in [2.05, 4.69) is 31.1 Å². The molecule has 2 unspecified atom stereocenters. The Morgan fingerprint density at radius 2 is 2.32 bits per heavy atom. The molecule has 1 amide bonds. The minimum atomic E-state index is -0.0360. The lowest BCUT2D eigenvalue weighted by atomic mass is 10.0. The first-order valence-electron chi connectivity index (χ1n) is 7.03. The van der Waals surface area contributed by atoms with E-state index in [1.54, 1.807) is 6.20 Å². The van der Waals surface area contributed by atoms with E-state index in [9.17, 15) is 4.79 Å². The van der Waals surface area contributed by atoms with Crippen LogP contribution in [0.15, 0.2) is 24.4 Å². The fourth-order valence-electron chi connectivity index (χ4n) is 2.52. The Kier molecular flexibility index (Phi) is 4.53. The third-order valence-electron chi connectivity index (χ3n) is 3.76. The van der Waals surface area contributed by atoms with Crippen molar-refractivity contribution in [2.24, 2.45) is 5.92 Å². The zero-order valence-corrected chi connectivity index (χ0v) is 12.0. The zero-order chi connectivity index (χ0) is 13.8. The summed E-state index contributed by atoms with van der Waals surface area (Å²) in [5.74, 6) is 0.614. The van der Waals surface area contributed by atoms with Crippen molar-refractivity contribution in [1.82, 2.24) is 15.2 Å². The highest BCUT2D eigenvalue weighted by molar-refractivity contribution is 5.82. The third-order valence-corrected chi connectivity index (χ3v) is 3.76. The number of nitrogens with zero attached hydrogens (tertiary/aromatic N) is 2. The predicted molar refractivity (Wildman–Crippen MR) is 75.5 cm³/mol. The van der Waals surface area contributed by atoms with E-state index in [0.29, 0.717) is 12.5 Å². The SMILES string of the molecule is CC1CCNC1C(=O)N(Cc1ccccn1)C(C)C. The van der Waals surface area contributed by atoms with E-state index in [-0.39, 0.29) is 18.0 Å². The van der Waals surface area contributed by atoms with E-state index >= 15 is 0 Å². The van der Waals surface area contributed by atoms with Crippen molar-refractivity contribution in [3.8, 4) is 0 Å². The first kappa shape index (κ1) is 14.0. The summed E-state index contributed by atoms with van der Waals surface area (Å²) in [4.78, 5) is 18.9. The number of hydrogen-bond donors (Lipinski definition) is 1. The van der Waals surface area contributed by atoms with Gasteiger partial charge in [0, 0.05) is 12.2 Å². The van der Waals surface area contributed by atoms with Gasteiger partial charge in [-0.2, -0.15) is 0 Å². The number of amides is 1. The number of rotatable bonds is 4. The van der Waals surface area contributed by atoms with Gasteiger partial charge in [-0.05, 0) is 44.9 Å². The lowest BCUT2D eigenvalue weighted by Gasteiger charge is -2.30. The van der Waals surface area contributed by atoms with Gasteiger partial charge >= 0.3 is 0 Å². The fourth-order valence-corrected chi connectivity index (χ4v) is 2.52. The molecule has 1 saturated heterocycles. The average molecular weight is 261 g/mol. The highest BCUT2D eigenvalue weighted by Gasteiger charge is 2.33. The summed E-state index contributed by atoms with van der Waals surface area (Å²) in [6, 6.07) is 5.97. The van der Waals surface area contributed by atoms with Gasteiger partial charge in [-0.3, -0.25) is 9.78 Å². The Balaban J connectivity index is 2.09. The Morgan fingerprint density at radius 1 is 1.53 bits per heavy atom. The lowest BCUT2D eigenvalue weighted by Crippen LogP contribution is -2.48. The Hall–Kier alpha value is -1.42. The fraction of sp³-hybridized carbons (Fsp3) is 0.600. The van der Waals surface area contributed by atoms with Crippen LogP contribution in [0.4, 0.5) is 0 Å². The standard InChI is InChI=1S/C15H23N3O/c1-11(2)18(10-13-6-4-5-8-16-13)15(19)14-12(3)7-9-17-14/h4-6,8,11-12,14,17H,7,9-10H2,1-3H3. The summed E-state index contributed by atoms with van der Waals surface area (Å²) in [5, 5.41) is 3.32. The number of aromatic nitrogens is 1. The van der Waals surface area contributed by atoms with Crippen molar-refractivity contribution in [2.75, 3.05) is 6.54 Å². The molecule has 0 aromatic carbocycles. The smallest absolute Gasteiger partial charge is 0.240 e. The van der Waals surface area contributed by atoms with Gasteiger partial charge in [0.2, 0.25) is 5.91 Å². The van der Waals surface area contributed by atoms with Gasteiger partial charge < -0.3 is 10.2 Å². The van der Waals surface area contributed by atoms with E-state index in [1.165, 1.54) is 0 Å². The van der Waals surface area contributed by atoms with E-state index in [0.717, 1.165) is 18.7 Å². The molecule has 0 aliphatic carbocycles. The molecule has 1 aliphatic rings. The summed E-state index contributed by atoms with van der Waals surface area (Å²) in [6.07, 6.45) is 2.85. The number of carbonyl (C=O) groups is 1. The van der Waals surface area contributed by atoms with Crippen molar-refractivity contribution in [2.45, 2.75) is 45.8 Å². The van der Waals surface area contributed by atoms with Crippen LogP contribution in [0, 0.1) is 5.92 Å². The molecule has 2 atom stereocenters. The molecule has 0 bridgehead atoms. The Bertz CT molecular complexity index is 419. The second-order valence-electron chi connectivity index (χ2n) is 5.58. The van der Waals surface area contributed by atoms with E-state index in [4.69, 9.17) is 0 Å². The molecule has 19 heavy (non-hydrogen) atoms. The van der Waals surface area contributed by atoms with Crippen molar-refractivity contribution in [3.63, 3.8) is 0 Å². The molecule has 2 rings (SSSR count). The van der Waals surface area contributed by atoms with Crippen molar-refractivity contribution in [3.05, 3.63) is 30.1 Å². The Morgan fingerprint density at radius 3 is 2.84 bits per heavy atom. The molecule has 0 saturated carbocycles. The molecule has 1 fully saturated rings. The third kappa shape index (κ3) is 3.32. The van der Waals surface area contributed by atoms with Crippen LogP contribution in [-0.2, 0) is 11.3 Å². The van der Waals surface area contributed by atoms with E-state index < -0.39 is 0 Å². The van der Waals surface area contributed by atoms with Crippen LogP contribution in [0.5, 0.6) is 0 Å². The highest BCUT2D eigenvalue weighted by atomic mass is 16.2. The molecule has 2 heterocycles. The average Bonchev–Trinajstić information content (AvgIpc) is 2.82. The summed E-state index contributed by atoms with van der Waals surface area (Å²) < 4.78 is 0. The predicted octanol–water partition coefficient (Wildman–Crippen LogP) is 1.82. The normalized spacial score (nSPS) is 22.7. The van der Waals surface area contributed by atoms with Crippen molar-refractivity contribution >= 4 is 5.91 Å². The molecule has 1 aromatic heterocycles. The molecule has 104 valence electrons. The number of carbonyl (C=O) groups excluding carboxylic acids is 1. The van der Waals surface area contributed by atoms with E-state index in [1.807, 2.05) is 23.1 Å². The van der Waals surface area contributed by atoms with Crippen LogP contribution in [0.25, 0.3) is 0 Å². The first-order valence-corrected chi connectivity index (χ1v) is 7.03. The van der Waals surface area contributed by atoms with Crippen LogP contribution in [-0.4, -0.2) is 34.4 Å².